The highest BCUT2D eigenvalue weighted by molar-refractivity contribution is 5.99. The zero-order valence-corrected chi connectivity index (χ0v) is 17.7. The monoisotopic (exact) mass is 393 g/mol. The Kier molecular flexibility index (Phi) is 7.04. The third kappa shape index (κ3) is 5.24. The lowest BCUT2D eigenvalue weighted by Gasteiger charge is -2.34. The molecule has 0 saturated carbocycles. The van der Waals surface area contributed by atoms with Gasteiger partial charge in [0.15, 0.2) is 0 Å². The van der Waals surface area contributed by atoms with Gasteiger partial charge in [0, 0.05) is 49.9 Å². The topological polar surface area (TPSA) is 43.9 Å². The molecule has 1 saturated heterocycles. The van der Waals surface area contributed by atoms with Crippen molar-refractivity contribution >= 4 is 11.8 Å². The summed E-state index contributed by atoms with van der Waals surface area (Å²) in [5.74, 6) is -0.0381. The van der Waals surface area contributed by atoms with Gasteiger partial charge in [-0.2, -0.15) is 0 Å². The van der Waals surface area contributed by atoms with Crippen LogP contribution in [0.3, 0.4) is 0 Å². The van der Waals surface area contributed by atoms with Crippen LogP contribution >= 0.6 is 0 Å². The van der Waals surface area contributed by atoms with E-state index in [1.165, 1.54) is 0 Å². The summed E-state index contributed by atoms with van der Waals surface area (Å²) >= 11 is 0. The Balaban J connectivity index is 1.75. The number of benzene rings is 2. The molecule has 0 radical (unpaired) electrons. The van der Waals surface area contributed by atoms with Crippen LogP contribution < -0.4 is 0 Å². The van der Waals surface area contributed by atoms with E-state index < -0.39 is 0 Å². The Hall–Kier alpha value is -2.66. The van der Waals surface area contributed by atoms with Crippen LogP contribution in [-0.4, -0.2) is 65.3 Å². The molecule has 0 atom stereocenters. The fourth-order valence-corrected chi connectivity index (χ4v) is 3.67. The molecule has 0 aromatic heterocycles. The normalized spacial score (nSPS) is 14.8. The molecule has 1 fully saturated rings. The number of likely N-dealkylation sites (N-methyl/N-ethyl adjacent to an activating group) is 1. The van der Waals surface area contributed by atoms with E-state index in [-0.39, 0.29) is 17.9 Å². The second-order valence-corrected chi connectivity index (χ2v) is 7.82. The lowest BCUT2D eigenvalue weighted by molar-refractivity contribution is 0.0643. The summed E-state index contributed by atoms with van der Waals surface area (Å²) < 4.78 is 0. The highest BCUT2D eigenvalue weighted by Gasteiger charge is 2.24. The molecule has 5 nitrogen and oxygen atoms in total. The van der Waals surface area contributed by atoms with Gasteiger partial charge in [0.1, 0.15) is 0 Å². The van der Waals surface area contributed by atoms with Crippen molar-refractivity contribution in [3.63, 3.8) is 0 Å². The molecule has 1 aliphatic heterocycles. The molecule has 154 valence electrons. The first-order valence-electron chi connectivity index (χ1n) is 10.5. The number of carbonyl (C=O) groups excluding carboxylic acids is 2. The second-order valence-electron chi connectivity index (χ2n) is 7.82. The van der Waals surface area contributed by atoms with Gasteiger partial charge in [-0.05, 0) is 44.2 Å². The molecule has 3 rings (SSSR count). The first kappa shape index (κ1) is 21.1. The standard InChI is InChI=1S/C24H31N3O2/c1-4-25-13-15-26(16-14-25)23(28)21-11-8-12-22(17-21)24(29)27(19(2)3)18-20-9-6-5-7-10-20/h5-12,17,19H,4,13-16,18H2,1-3H3. The number of nitrogens with zero attached hydrogens (tertiary/aromatic N) is 3. The Labute approximate surface area is 173 Å². The third-order valence-corrected chi connectivity index (χ3v) is 5.54. The maximum Gasteiger partial charge on any atom is 0.254 e. The highest BCUT2D eigenvalue weighted by Crippen LogP contribution is 2.16. The number of hydrogen-bond acceptors (Lipinski definition) is 3. The Morgan fingerprint density at radius 2 is 1.59 bits per heavy atom. The Morgan fingerprint density at radius 3 is 2.21 bits per heavy atom. The van der Waals surface area contributed by atoms with Crippen molar-refractivity contribution in [3.8, 4) is 0 Å². The predicted molar refractivity (Wildman–Crippen MR) is 116 cm³/mol. The summed E-state index contributed by atoms with van der Waals surface area (Å²) in [5, 5.41) is 0. The van der Waals surface area contributed by atoms with Crippen LogP contribution in [0.2, 0.25) is 0 Å². The molecular formula is C24H31N3O2. The minimum Gasteiger partial charge on any atom is -0.336 e. The van der Waals surface area contributed by atoms with Crippen molar-refractivity contribution in [3.05, 3.63) is 71.3 Å². The summed E-state index contributed by atoms with van der Waals surface area (Å²) in [6.07, 6.45) is 0. The average Bonchev–Trinajstić information content (AvgIpc) is 2.77. The van der Waals surface area contributed by atoms with Crippen LogP contribution in [-0.2, 0) is 6.54 Å². The van der Waals surface area contributed by atoms with Crippen molar-refractivity contribution in [1.29, 1.82) is 0 Å². The van der Waals surface area contributed by atoms with Crippen LogP contribution in [0.1, 0.15) is 47.1 Å². The molecule has 2 amide bonds. The second kappa shape index (κ2) is 9.70. The molecule has 29 heavy (non-hydrogen) atoms. The highest BCUT2D eigenvalue weighted by atomic mass is 16.2. The fourth-order valence-electron chi connectivity index (χ4n) is 3.67. The molecule has 0 aliphatic carbocycles. The molecule has 0 N–H and O–H groups in total. The van der Waals surface area contributed by atoms with Gasteiger partial charge in [0.25, 0.3) is 11.8 Å². The van der Waals surface area contributed by atoms with E-state index in [1.807, 2.05) is 66.1 Å². The van der Waals surface area contributed by atoms with Gasteiger partial charge in [-0.25, -0.2) is 0 Å². The van der Waals surface area contributed by atoms with Gasteiger partial charge in [0.05, 0.1) is 0 Å². The van der Waals surface area contributed by atoms with Gasteiger partial charge in [-0.15, -0.1) is 0 Å². The summed E-state index contributed by atoms with van der Waals surface area (Å²) in [6, 6.07) is 17.2. The minimum atomic E-state index is -0.0469. The van der Waals surface area contributed by atoms with E-state index in [1.54, 1.807) is 12.1 Å². The maximum atomic E-state index is 13.2. The van der Waals surface area contributed by atoms with E-state index in [0.717, 1.165) is 38.3 Å². The van der Waals surface area contributed by atoms with Gasteiger partial charge in [-0.1, -0.05) is 43.3 Å². The van der Waals surface area contributed by atoms with E-state index >= 15 is 0 Å². The summed E-state index contributed by atoms with van der Waals surface area (Å²) in [6.45, 7) is 11.0. The van der Waals surface area contributed by atoms with Gasteiger partial charge >= 0.3 is 0 Å². The zero-order chi connectivity index (χ0) is 20.8. The third-order valence-electron chi connectivity index (χ3n) is 5.54. The van der Waals surface area contributed by atoms with E-state index in [2.05, 4.69) is 11.8 Å². The Bertz CT molecular complexity index is 827. The SMILES string of the molecule is CCN1CCN(C(=O)c2cccc(C(=O)N(Cc3ccccc3)C(C)C)c2)CC1. The molecule has 5 heteroatoms. The summed E-state index contributed by atoms with van der Waals surface area (Å²) in [7, 11) is 0. The van der Waals surface area contributed by atoms with Crippen molar-refractivity contribution < 1.29 is 9.59 Å². The molecule has 0 spiro atoms. The molecular weight excluding hydrogens is 362 g/mol. The quantitative estimate of drug-likeness (QED) is 0.754. The van der Waals surface area contributed by atoms with Gasteiger partial charge in [-0.3, -0.25) is 9.59 Å². The zero-order valence-electron chi connectivity index (χ0n) is 17.7. The van der Waals surface area contributed by atoms with Crippen LogP contribution in [0.25, 0.3) is 0 Å². The van der Waals surface area contributed by atoms with Crippen molar-refractivity contribution in [2.24, 2.45) is 0 Å². The summed E-state index contributed by atoms with van der Waals surface area (Å²) in [4.78, 5) is 32.2. The molecule has 0 unspecified atom stereocenters. The number of hydrogen-bond donors (Lipinski definition) is 0. The number of piperazine rings is 1. The first-order valence-corrected chi connectivity index (χ1v) is 10.5. The lowest BCUT2D eigenvalue weighted by atomic mass is 10.1. The number of amides is 2. The first-order chi connectivity index (χ1) is 14.0. The predicted octanol–water partition coefficient (Wildman–Crippen LogP) is 3.52. The molecule has 2 aromatic carbocycles. The molecule has 0 bridgehead atoms. The van der Waals surface area contributed by atoms with Crippen LogP contribution in [0.5, 0.6) is 0 Å². The van der Waals surface area contributed by atoms with Crippen molar-refractivity contribution in [2.45, 2.75) is 33.4 Å². The largest absolute Gasteiger partial charge is 0.336 e. The minimum absolute atomic E-state index is 0.00885. The fraction of sp³-hybridized carbons (Fsp3) is 0.417. The smallest absolute Gasteiger partial charge is 0.254 e. The summed E-state index contributed by atoms with van der Waals surface area (Å²) in [5.41, 5.74) is 2.24. The van der Waals surface area contributed by atoms with E-state index in [9.17, 15) is 9.59 Å². The van der Waals surface area contributed by atoms with E-state index in [0.29, 0.717) is 17.7 Å². The molecule has 1 heterocycles. The van der Waals surface area contributed by atoms with Crippen molar-refractivity contribution in [2.75, 3.05) is 32.7 Å². The van der Waals surface area contributed by atoms with E-state index in [4.69, 9.17) is 0 Å². The maximum absolute atomic E-state index is 13.2. The van der Waals surface area contributed by atoms with Crippen LogP contribution in [0.4, 0.5) is 0 Å². The Morgan fingerprint density at radius 1 is 0.931 bits per heavy atom. The molecule has 2 aromatic rings. The van der Waals surface area contributed by atoms with Gasteiger partial charge < -0.3 is 14.7 Å². The van der Waals surface area contributed by atoms with Crippen LogP contribution in [0.15, 0.2) is 54.6 Å². The van der Waals surface area contributed by atoms with Gasteiger partial charge in [0.2, 0.25) is 0 Å². The van der Waals surface area contributed by atoms with Crippen molar-refractivity contribution in [1.82, 2.24) is 14.7 Å². The molecule has 1 aliphatic rings. The average molecular weight is 394 g/mol. The lowest BCUT2D eigenvalue weighted by Crippen LogP contribution is -2.48. The number of carbonyl (C=O) groups is 2. The number of rotatable bonds is 6. The van der Waals surface area contributed by atoms with Crippen LogP contribution in [0, 0.1) is 0 Å².